The highest BCUT2D eigenvalue weighted by Crippen LogP contribution is 2.12. The van der Waals surface area contributed by atoms with Gasteiger partial charge in [0.25, 0.3) is 11.5 Å². The van der Waals surface area contributed by atoms with E-state index in [0.717, 1.165) is 16.3 Å². The van der Waals surface area contributed by atoms with Crippen LogP contribution in [0.4, 0.5) is 0 Å². The fraction of sp³-hybridized carbons (Fsp3) is 0.158. The normalized spacial score (nSPS) is 10.4. The first kappa shape index (κ1) is 18.1. The van der Waals surface area contributed by atoms with Crippen LogP contribution in [0.3, 0.4) is 0 Å². The minimum atomic E-state index is -0.674. The summed E-state index contributed by atoms with van der Waals surface area (Å²) in [6.45, 7) is 0.195. The van der Waals surface area contributed by atoms with Crippen LogP contribution in [0.5, 0.6) is 5.75 Å². The number of hydrogen-bond acceptors (Lipinski definition) is 5. The average Bonchev–Trinajstić information content (AvgIpc) is 2.70. The maximum atomic E-state index is 12.6. The predicted molar refractivity (Wildman–Crippen MR) is 98.8 cm³/mol. The molecule has 0 aliphatic rings. The minimum absolute atomic E-state index is 0.0218. The third-order valence-corrected chi connectivity index (χ3v) is 3.94. The quantitative estimate of drug-likeness (QED) is 0.675. The van der Waals surface area contributed by atoms with Gasteiger partial charge >= 0.3 is 5.69 Å². The second-order valence-corrected chi connectivity index (χ2v) is 5.75. The van der Waals surface area contributed by atoms with Crippen molar-refractivity contribution < 1.29 is 9.53 Å². The molecular formula is C19H18N4O4. The molecule has 0 bridgehead atoms. The largest absolute Gasteiger partial charge is 0.497 e. The van der Waals surface area contributed by atoms with Crippen LogP contribution in [0.25, 0.3) is 0 Å². The van der Waals surface area contributed by atoms with Crippen molar-refractivity contribution in [2.24, 2.45) is 0 Å². The number of aromatic amines is 1. The monoisotopic (exact) mass is 366 g/mol. The van der Waals surface area contributed by atoms with Gasteiger partial charge in [0.15, 0.2) is 0 Å². The van der Waals surface area contributed by atoms with E-state index >= 15 is 0 Å². The van der Waals surface area contributed by atoms with Gasteiger partial charge in [-0.1, -0.05) is 18.2 Å². The van der Waals surface area contributed by atoms with Gasteiger partial charge in [-0.15, -0.1) is 0 Å². The summed E-state index contributed by atoms with van der Waals surface area (Å²) in [6, 6.07) is 12.4. The van der Waals surface area contributed by atoms with Gasteiger partial charge in [0.2, 0.25) is 0 Å². The van der Waals surface area contributed by atoms with Crippen molar-refractivity contribution >= 4 is 5.91 Å². The molecule has 8 nitrogen and oxygen atoms in total. The van der Waals surface area contributed by atoms with Crippen LogP contribution in [0.1, 0.15) is 21.6 Å². The molecular weight excluding hydrogens is 348 g/mol. The van der Waals surface area contributed by atoms with E-state index < -0.39 is 17.2 Å². The molecule has 0 aliphatic carbocycles. The molecule has 0 saturated heterocycles. The Morgan fingerprint density at radius 3 is 2.81 bits per heavy atom. The van der Waals surface area contributed by atoms with E-state index in [4.69, 9.17) is 4.74 Å². The Hall–Kier alpha value is -3.68. The molecule has 138 valence electrons. The topological polar surface area (TPSA) is 106 Å². The molecule has 0 aliphatic heterocycles. The number of hydrogen-bond donors (Lipinski definition) is 2. The van der Waals surface area contributed by atoms with E-state index in [1.807, 2.05) is 6.07 Å². The van der Waals surface area contributed by atoms with Crippen LogP contribution in [-0.2, 0) is 13.1 Å². The van der Waals surface area contributed by atoms with Crippen LogP contribution >= 0.6 is 0 Å². The standard InChI is InChI=1S/C19H18N4O4/c1-27-15-7-4-5-13(9-15)10-21-17(24)16-11-22-19(26)23(18(16)25)12-14-6-2-3-8-20-14/h2-9,11H,10,12H2,1H3,(H,21,24)(H,22,26). The fourth-order valence-electron chi connectivity index (χ4n) is 2.53. The predicted octanol–water partition coefficient (Wildman–Crippen LogP) is 0.918. The van der Waals surface area contributed by atoms with E-state index in [1.54, 1.807) is 49.7 Å². The summed E-state index contributed by atoms with van der Waals surface area (Å²) < 4.78 is 6.09. The number of benzene rings is 1. The van der Waals surface area contributed by atoms with E-state index in [9.17, 15) is 14.4 Å². The maximum Gasteiger partial charge on any atom is 0.328 e. The number of nitrogens with zero attached hydrogens (tertiary/aromatic N) is 2. The average molecular weight is 366 g/mol. The first-order valence-corrected chi connectivity index (χ1v) is 8.22. The van der Waals surface area contributed by atoms with E-state index in [0.29, 0.717) is 11.4 Å². The number of H-pyrrole nitrogens is 1. The summed E-state index contributed by atoms with van der Waals surface area (Å²) in [4.78, 5) is 43.5. The highest BCUT2D eigenvalue weighted by Gasteiger charge is 2.15. The van der Waals surface area contributed by atoms with E-state index in [2.05, 4.69) is 15.3 Å². The van der Waals surface area contributed by atoms with Crippen molar-refractivity contribution in [3.05, 3.63) is 92.5 Å². The Morgan fingerprint density at radius 1 is 1.22 bits per heavy atom. The first-order chi connectivity index (χ1) is 13.1. The molecule has 0 saturated carbocycles. The number of ether oxygens (including phenoxy) is 1. The SMILES string of the molecule is COc1cccc(CNC(=O)c2c[nH]c(=O)n(Cc3ccccn3)c2=O)c1. The Balaban J connectivity index is 1.79. The molecule has 3 rings (SSSR count). The Bertz CT molecular complexity index is 1060. The zero-order valence-electron chi connectivity index (χ0n) is 14.6. The number of aromatic nitrogens is 3. The summed E-state index contributed by atoms with van der Waals surface area (Å²) in [5.74, 6) is 0.0948. The molecule has 0 fully saturated rings. The molecule has 0 radical (unpaired) electrons. The first-order valence-electron chi connectivity index (χ1n) is 8.22. The number of carbonyl (C=O) groups excluding carboxylic acids is 1. The van der Waals surface area contributed by atoms with Crippen LogP contribution < -0.4 is 21.3 Å². The van der Waals surface area contributed by atoms with Crippen molar-refractivity contribution in [2.75, 3.05) is 7.11 Å². The smallest absolute Gasteiger partial charge is 0.328 e. The van der Waals surface area contributed by atoms with Gasteiger partial charge in [-0.05, 0) is 29.8 Å². The molecule has 27 heavy (non-hydrogen) atoms. The lowest BCUT2D eigenvalue weighted by Gasteiger charge is -2.09. The molecule has 0 spiro atoms. The van der Waals surface area contributed by atoms with Crippen LogP contribution in [0.15, 0.2) is 64.4 Å². The highest BCUT2D eigenvalue weighted by molar-refractivity contribution is 5.93. The van der Waals surface area contributed by atoms with E-state index in [-0.39, 0.29) is 18.7 Å². The Morgan fingerprint density at radius 2 is 2.07 bits per heavy atom. The molecule has 1 amide bonds. The Labute approximate surface area is 154 Å². The second-order valence-electron chi connectivity index (χ2n) is 5.75. The molecule has 2 heterocycles. The number of rotatable bonds is 6. The Kier molecular flexibility index (Phi) is 5.46. The van der Waals surface area contributed by atoms with Crippen LogP contribution in [0, 0.1) is 0 Å². The molecule has 2 aromatic heterocycles. The van der Waals surface area contributed by atoms with Gasteiger partial charge in [-0.2, -0.15) is 0 Å². The third-order valence-electron chi connectivity index (χ3n) is 3.94. The third kappa shape index (κ3) is 4.30. The van der Waals surface area contributed by atoms with Gasteiger partial charge in [0.1, 0.15) is 11.3 Å². The zero-order chi connectivity index (χ0) is 19.2. The molecule has 0 unspecified atom stereocenters. The fourth-order valence-corrected chi connectivity index (χ4v) is 2.53. The zero-order valence-corrected chi connectivity index (χ0v) is 14.6. The lowest BCUT2D eigenvalue weighted by atomic mass is 10.2. The lowest BCUT2D eigenvalue weighted by Crippen LogP contribution is -2.40. The second kappa shape index (κ2) is 8.13. The maximum absolute atomic E-state index is 12.6. The van der Waals surface area contributed by atoms with Crippen molar-refractivity contribution in [2.45, 2.75) is 13.1 Å². The summed E-state index contributed by atoms with van der Waals surface area (Å²) in [7, 11) is 1.56. The van der Waals surface area contributed by atoms with Crippen molar-refractivity contribution in [1.29, 1.82) is 0 Å². The highest BCUT2D eigenvalue weighted by atomic mass is 16.5. The van der Waals surface area contributed by atoms with Crippen molar-refractivity contribution in [3.63, 3.8) is 0 Å². The van der Waals surface area contributed by atoms with Gasteiger partial charge in [0, 0.05) is 18.9 Å². The van der Waals surface area contributed by atoms with Gasteiger partial charge in [-0.3, -0.25) is 19.1 Å². The van der Waals surface area contributed by atoms with Crippen LogP contribution in [0.2, 0.25) is 0 Å². The number of amides is 1. The lowest BCUT2D eigenvalue weighted by molar-refractivity contribution is 0.0948. The molecule has 3 aromatic rings. The summed E-state index contributed by atoms with van der Waals surface area (Å²) in [5, 5.41) is 2.67. The summed E-state index contributed by atoms with van der Waals surface area (Å²) in [5.41, 5.74) is -0.0593. The summed E-state index contributed by atoms with van der Waals surface area (Å²) >= 11 is 0. The van der Waals surface area contributed by atoms with Crippen molar-refractivity contribution in [1.82, 2.24) is 19.9 Å². The van der Waals surface area contributed by atoms with Crippen LogP contribution in [-0.4, -0.2) is 27.6 Å². The minimum Gasteiger partial charge on any atom is -0.497 e. The number of methoxy groups -OCH3 is 1. The summed E-state index contributed by atoms with van der Waals surface area (Å²) in [6.07, 6.45) is 2.69. The molecule has 2 N–H and O–H groups in total. The molecule has 8 heteroatoms. The number of nitrogens with one attached hydrogen (secondary N) is 2. The number of pyridine rings is 1. The van der Waals surface area contributed by atoms with Gasteiger partial charge in [0.05, 0.1) is 19.3 Å². The van der Waals surface area contributed by atoms with Gasteiger partial charge < -0.3 is 15.0 Å². The molecule has 1 aromatic carbocycles. The number of carbonyl (C=O) groups is 1. The van der Waals surface area contributed by atoms with Crippen molar-refractivity contribution in [3.8, 4) is 5.75 Å². The van der Waals surface area contributed by atoms with E-state index in [1.165, 1.54) is 0 Å². The molecule has 0 atom stereocenters. The van der Waals surface area contributed by atoms with Gasteiger partial charge in [-0.25, -0.2) is 4.79 Å².